The molecule has 0 fully saturated rings. The lowest BCUT2D eigenvalue weighted by atomic mass is 9.97. The molecule has 0 amide bonds. The summed E-state index contributed by atoms with van der Waals surface area (Å²) >= 11 is 5.46. The zero-order valence-electron chi connectivity index (χ0n) is 10.1. The highest BCUT2D eigenvalue weighted by Crippen LogP contribution is 2.30. The minimum Gasteiger partial charge on any atom is -0.359 e. The topological polar surface area (TPSA) is 15.3 Å². The summed E-state index contributed by atoms with van der Waals surface area (Å²) in [6.45, 7) is 6.63. The molecular formula is C14H18N2S. The van der Waals surface area contributed by atoms with Crippen LogP contribution in [0.4, 0.5) is 5.69 Å². The van der Waals surface area contributed by atoms with Gasteiger partial charge in [-0.15, -0.1) is 6.58 Å². The van der Waals surface area contributed by atoms with Crippen molar-refractivity contribution in [3.63, 3.8) is 0 Å². The maximum atomic E-state index is 5.46. The smallest absolute Gasteiger partial charge is 0.173 e. The number of hydrogen-bond donors (Lipinski definition) is 1. The van der Waals surface area contributed by atoms with E-state index in [-0.39, 0.29) is 0 Å². The molecule has 1 atom stereocenters. The minimum absolute atomic E-state index is 0.453. The molecule has 0 aromatic heterocycles. The van der Waals surface area contributed by atoms with E-state index in [1.807, 2.05) is 6.08 Å². The highest BCUT2D eigenvalue weighted by molar-refractivity contribution is 7.80. The van der Waals surface area contributed by atoms with E-state index in [1.54, 1.807) is 0 Å². The molecule has 0 aliphatic carbocycles. The maximum absolute atomic E-state index is 5.46. The van der Waals surface area contributed by atoms with Gasteiger partial charge in [0.15, 0.2) is 5.11 Å². The molecule has 2 rings (SSSR count). The van der Waals surface area contributed by atoms with Gasteiger partial charge in [0.25, 0.3) is 0 Å². The van der Waals surface area contributed by atoms with Crippen LogP contribution in [0.3, 0.4) is 0 Å². The van der Waals surface area contributed by atoms with Crippen LogP contribution in [-0.4, -0.2) is 17.7 Å². The number of nitrogens with one attached hydrogen (secondary N) is 1. The predicted octanol–water partition coefficient (Wildman–Crippen LogP) is 2.89. The van der Waals surface area contributed by atoms with E-state index >= 15 is 0 Å². The van der Waals surface area contributed by atoms with Gasteiger partial charge in [0, 0.05) is 18.3 Å². The minimum atomic E-state index is 0.453. The first-order valence-corrected chi connectivity index (χ1v) is 6.40. The van der Waals surface area contributed by atoms with Crippen LogP contribution in [0.25, 0.3) is 0 Å². The summed E-state index contributed by atoms with van der Waals surface area (Å²) in [5.41, 5.74) is 2.63. The lowest BCUT2D eigenvalue weighted by Crippen LogP contribution is -2.47. The van der Waals surface area contributed by atoms with E-state index in [1.165, 1.54) is 11.3 Å². The summed E-state index contributed by atoms with van der Waals surface area (Å²) in [6, 6.07) is 8.94. The molecule has 1 aliphatic heterocycles. The summed E-state index contributed by atoms with van der Waals surface area (Å²) in [4.78, 5) is 2.22. The van der Waals surface area contributed by atoms with Crippen LogP contribution in [0.1, 0.15) is 18.9 Å². The SMILES string of the molecule is C=CCNC(=S)N1c2ccccc2CC[C@@H]1C. The van der Waals surface area contributed by atoms with Crippen LogP contribution in [0.5, 0.6) is 0 Å². The number of hydrogen-bond acceptors (Lipinski definition) is 1. The van der Waals surface area contributed by atoms with Crippen LogP contribution in [0, 0.1) is 0 Å². The molecule has 1 aromatic carbocycles. The summed E-state index contributed by atoms with van der Waals surface area (Å²) in [5.74, 6) is 0. The van der Waals surface area contributed by atoms with Crippen LogP contribution in [0.15, 0.2) is 36.9 Å². The third kappa shape index (κ3) is 2.50. The number of aryl methyl sites for hydroxylation is 1. The number of rotatable bonds is 2. The first-order valence-electron chi connectivity index (χ1n) is 6.00. The van der Waals surface area contributed by atoms with Gasteiger partial charge >= 0.3 is 0 Å². The Labute approximate surface area is 108 Å². The Kier molecular flexibility index (Phi) is 3.79. The zero-order chi connectivity index (χ0) is 12.3. The quantitative estimate of drug-likeness (QED) is 0.638. The highest BCUT2D eigenvalue weighted by atomic mass is 32.1. The first-order chi connectivity index (χ1) is 8.24. The molecule has 0 saturated heterocycles. The van der Waals surface area contributed by atoms with E-state index in [9.17, 15) is 0 Å². The van der Waals surface area contributed by atoms with Crippen LogP contribution in [0.2, 0.25) is 0 Å². The Morgan fingerprint density at radius 2 is 2.35 bits per heavy atom. The lowest BCUT2D eigenvalue weighted by Gasteiger charge is -2.37. The van der Waals surface area contributed by atoms with Crippen molar-refractivity contribution in [2.45, 2.75) is 25.8 Å². The number of nitrogens with zero attached hydrogens (tertiary/aromatic N) is 1. The summed E-state index contributed by atoms with van der Waals surface area (Å²) in [6.07, 6.45) is 4.11. The Morgan fingerprint density at radius 3 is 3.12 bits per heavy atom. The van der Waals surface area contributed by atoms with Gasteiger partial charge in [-0.05, 0) is 43.6 Å². The lowest BCUT2D eigenvalue weighted by molar-refractivity contribution is 0.624. The molecule has 90 valence electrons. The van der Waals surface area contributed by atoms with Crippen molar-refractivity contribution in [2.24, 2.45) is 0 Å². The van der Waals surface area contributed by atoms with E-state index < -0.39 is 0 Å². The van der Waals surface area contributed by atoms with Crippen molar-refractivity contribution < 1.29 is 0 Å². The fourth-order valence-corrected chi connectivity index (χ4v) is 2.60. The van der Waals surface area contributed by atoms with Crippen LogP contribution < -0.4 is 10.2 Å². The second-order valence-corrected chi connectivity index (χ2v) is 4.75. The van der Waals surface area contributed by atoms with Crippen molar-refractivity contribution in [3.05, 3.63) is 42.5 Å². The average molecular weight is 246 g/mol. The normalized spacial score (nSPS) is 18.4. The monoisotopic (exact) mass is 246 g/mol. The average Bonchev–Trinajstić information content (AvgIpc) is 2.35. The summed E-state index contributed by atoms with van der Waals surface area (Å²) in [5, 5.41) is 4.01. The van der Waals surface area contributed by atoms with E-state index in [0.717, 1.165) is 18.0 Å². The Morgan fingerprint density at radius 1 is 1.59 bits per heavy atom. The van der Waals surface area contributed by atoms with Gasteiger partial charge < -0.3 is 10.2 Å². The van der Waals surface area contributed by atoms with E-state index in [0.29, 0.717) is 12.6 Å². The number of thiocarbonyl (C=S) groups is 1. The Hall–Kier alpha value is -1.35. The standard InChI is InChI=1S/C14H18N2S/c1-3-10-15-14(17)16-11(2)8-9-12-6-4-5-7-13(12)16/h3-7,11H,1,8-10H2,2H3,(H,15,17)/t11-/m0/s1. The summed E-state index contributed by atoms with van der Waals surface area (Å²) < 4.78 is 0. The Balaban J connectivity index is 2.26. The largest absolute Gasteiger partial charge is 0.359 e. The molecule has 0 radical (unpaired) electrons. The van der Waals surface area contributed by atoms with Gasteiger partial charge in [-0.3, -0.25) is 0 Å². The molecule has 1 aromatic rings. The molecule has 17 heavy (non-hydrogen) atoms. The van der Waals surface area contributed by atoms with E-state index in [4.69, 9.17) is 12.2 Å². The van der Waals surface area contributed by atoms with Crippen molar-refractivity contribution in [2.75, 3.05) is 11.4 Å². The highest BCUT2D eigenvalue weighted by Gasteiger charge is 2.25. The fourth-order valence-electron chi connectivity index (χ4n) is 2.24. The molecule has 1 aliphatic rings. The van der Waals surface area contributed by atoms with Crippen molar-refractivity contribution >= 4 is 23.0 Å². The molecule has 0 saturated carbocycles. The third-order valence-corrected chi connectivity index (χ3v) is 3.48. The van der Waals surface area contributed by atoms with Gasteiger partial charge in [-0.1, -0.05) is 24.3 Å². The predicted molar refractivity (Wildman–Crippen MR) is 77.5 cm³/mol. The van der Waals surface area contributed by atoms with Gasteiger partial charge in [-0.2, -0.15) is 0 Å². The van der Waals surface area contributed by atoms with Crippen molar-refractivity contribution in [1.82, 2.24) is 5.32 Å². The molecule has 0 bridgehead atoms. The maximum Gasteiger partial charge on any atom is 0.173 e. The molecule has 1 N–H and O–H groups in total. The number of benzene rings is 1. The molecule has 0 spiro atoms. The second-order valence-electron chi connectivity index (χ2n) is 4.36. The van der Waals surface area contributed by atoms with Gasteiger partial charge in [0.1, 0.15) is 0 Å². The van der Waals surface area contributed by atoms with Gasteiger partial charge in [-0.25, -0.2) is 0 Å². The van der Waals surface area contributed by atoms with Crippen molar-refractivity contribution in [1.29, 1.82) is 0 Å². The van der Waals surface area contributed by atoms with Crippen LogP contribution >= 0.6 is 12.2 Å². The number of para-hydroxylation sites is 1. The molecule has 0 unspecified atom stereocenters. The second kappa shape index (κ2) is 5.32. The Bertz CT molecular complexity index is 428. The van der Waals surface area contributed by atoms with E-state index in [2.05, 4.69) is 48.0 Å². The molecule has 3 heteroatoms. The van der Waals surface area contributed by atoms with Crippen LogP contribution in [-0.2, 0) is 6.42 Å². The molecular weight excluding hydrogens is 228 g/mol. The number of anilines is 1. The first kappa shape index (κ1) is 12.1. The number of fused-ring (bicyclic) bond motifs is 1. The van der Waals surface area contributed by atoms with Crippen molar-refractivity contribution in [3.8, 4) is 0 Å². The molecule has 2 nitrogen and oxygen atoms in total. The molecule has 1 heterocycles. The van der Waals surface area contributed by atoms with Gasteiger partial charge in [0.05, 0.1) is 0 Å². The fraction of sp³-hybridized carbons (Fsp3) is 0.357. The third-order valence-electron chi connectivity index (χ3n) is 3.14. The zero-order valence-corrected chi connectivity index (χ0v) is 11.0. The summed E-state index contributed by atoms with van der Waals surface area (Å²) in [7, 11) is 0. The van der Waals surface area contributed by atoms with Gasteiger partial charge in [0.2, 0.25) is 0 Å².